The normalized spacial score (nSPS) is 18.0. The molecule has 222 valence electrons. The Bertz CT molecular complexity index is 1300. The lowest BCUT2D eigenvalue weighted by Crippen LogP contribution is -2.53. The molecule has 0 aliphatic carbocycles. The molecule has 0 spiro atoms. The van der Waals surface area contributed by atoms with Crippen molar-refractivity contribution in [3.8, 4) is 0 Å². The molecule has 2 aliphatic heterocycles. The van der Waals surface area contributed by atoms with Gasteiger partial charge in [-0.25, -0.2) is 0 Å². The van der Waals surface area contributed by atoms with Crippen LogP contribution in [0, 0.1) is 0 Å². The Labute approximate surface area is 236 Å². The highest BCUT2D eigenvalue weighted by molar-refractivity contribution is 7.99. The molecule has 2 aliphatic rings. The van der Waals surface area contributed by atoms with Gasteiger partial charge < -0.3 is 25.4 Å². The van der Waals surface area contributed by atoms with Gasteiger partial charge in [0.25, 0.3) is 0 Å². The zero-order chi connectivity index (χ0) is 29.8. The van der Waals surface area contributed by atoms with E-state index in [2.05, 4.69) is 5.32 Å². The summed E-state index contributed by atoms with van der Waals surface area (Å²) in [4.78, 5) is 25.5. The third-order valence-electron chi connectivity index (χ3n) is 6.76. The number of nitrogens with zero attached hydrogens (tertiary/aromatic N) is 1. The Morgan fingerprint density at radius 3 is 2.17 bits per heavy atom. The first kappa shape index (κ1) is 30.7. The Morgan fingerprint density at radius 1 is 0.927 bits per heavy atom. The zero-order valence-corrected chi connectivity index (χ0v) is 22.4. The maximum absolute atomic E-state index is 14.2. The number of carbonyl (C=O) groups excluding carboxylic acids is 2. The van der Waals surface area contributed by atoms with Crippen LogP contribution in [-0.2, 0) is 31.4 Å². The quantitative estimate of drug-likeness (QED) is 0.334. The second-order valence-electron chi connectivity index (χ2n) is 9.48. The van der Waals surface area contributed by atoms with Crippen LogP contribution in [0.1, 0.15) is 29.5 Å². The van der Waals surface area contributed by atoms with Crippen LogP contribution in [0.2, 0.25) is 0 Å². The molecule has 7 nitrogen and oxygen atoms in total. The third kappa shape index (κ3) is 7.35. The Morgan fingerprint density at radius 2 is 1.56 bits per heavy atom. The Balaban J connectivity index is 1.68. The summed E-state index contributed by atoms with van der Waals surface area (Å²) in [6, 6.07) is 7.83. The van der Waals surface area contributed by atoms with E-state index >= 15 is 0 Å². The highest BCUT2D eigenvalue weighted by Crippen LogP contribution is 2.48. The summed E-state index contributed by atoms with van der Waals surface area (Å²) >= 11 is 0.497. The zero-order valence-electron chi connectivity index (χ0n) is 21.6. The third-order valence-corrected chi connectivity index (χ3v) is 7.81. The van der Waals surface area contributed by atoms with E-state index in [9.17, 15) is 35.9 Å². The van der Waals surface area contributed by atoms with Gasteiger partial charge in [0.05, 0.1) is 24.3 Å². The van der Waals surface area contributed by atoms with Crippen LogP contribution in [0.4, 0.5) is 32.0 Å². The molecule has 2 amide bonds. The van der Waals surface area contributed by atoms with Crippen LogP contribution in [0.5, 0.6) is 0 Å². The summed E-state index contributed by atoms with van der Waals surface area (Å²) in [5.41, 5.74) is 0.319. The number of primary amides is 1. The topological polar surface area (TPSA) is 93.9 Å². The molecule has 0 radical (unpaired) electrons. The predicted octanol–water partition coefficient (Wildman–Crippen LogP) is 5.19. The van der Waals surface area contributed by atoms with Gasteiger partial charge in [-0.3, -0.25) is 9.59 Å². The molecular weight excluding hydrogens is 576 g/mol. The average molecular weight is 604 g/mol. The van der Waals surface area contributed by atoms with Crippen LogP contribution >= 0.6 is 11.8 Å². The highest BCUT2D eigenvalue weighted by Gasteiger charge is 2.46. The number of nitrogens with one attached hydrogen (secondary N) is 1. The van der Waals surface area contributed by atoms with Crippen molar-refractivity contribution < 1.29 is 45.4 Å². The number of morpholine rings is 1. The van der Waals surface area contributed by atoms with Crippen LogP contribution in [0.25, 0.3) is 6.08 Å². The van der Waals surface area contributed by atoms with Gasteiger partial charge in [-0.15, -0.1) is 0 Å². The van der Waals surface area contributed by atoms with Crippen molar-refractivity contribution in [2.45, 2.75) is 40.5 Å². The second kappa shape index (κ2) is 12.3. The van der Waals surface area contributed by atoms with Crippen LogP contribution in [0.3, 0.4) is 0 Å². The van der Waals surface area contributed by atoms with Gasteiger partial charge in [0.2, 0.25) is 11.8 Å². The van der Waals surface area contributed by atoms with Crippen molar-refractivity contribution in [2.24, 2.45) is 5.73 Å². The van der Waals surface area contributed by atoms with Gasteiger partial charge in [0, 0.05) is 60.7 Å². The summed E-state index contributed by atoms with van der Waals surface area (Å²) in [6.07, 6.45) is -8.59. The molecule has 2 heterocycles. The smallest absolute Gasteiger partial charge is 0.381 e. The fourth-order valence-electron chi connectivity index (χ4n) is 4.65. The van der Waals surface area contributed by atoms with Gasteiger partial charge in [-0.1, -0.05) is 23.9 Å². The molecule has 3 N–H and O–H groups in total. The maximum Gasteiger partial charge on any atom is 0.418 e. The number of benzene rings is 2. The standard InChI is InChI=1S/C27H27F6N3O4S/c28-26(29,30)22-17(5-7-21(37)36-10-14-40-15-11-36)4-6-20(23(22)27(31,32)33)41-19-3-1-2-18(16-19)35-25(24(34)38)8-12-39-13-9-25/h1-7,16,35H,8-15H2,(H2,34,38)/b7-5+. The molecule has 0 aromatic heterocycles. The number of carbonyl (C=O) groups is 2. The van der Waals surface area contributed by atoms with E-state index in [0.717, 1.165) is 24.3 Å². The number of amides is 2. The summed E-state index contributed by atoms with van der Waals surface area (Å²) in [5, 5.41) is 3.04. The van der Waals surface area contributed by atoms with Crippen molar-refractivity contribution in [2.75, 3.05) is 44.8 Å². The summed E-state index contributed by atoms with van der Waals surface area (Å²) in [6.45, 7) is 1.51. The number of hydrogen-bond donors (Lipinski definition) is 2. The monoisotopic (exact) mass is 603 g/mol. The minimum absolute atomic E-state index is 0.200. The van der Waals surface area contributed by atoms with Crippen LogP contribution in [0.15, 0.2) is 52.3 Å². The van der Waals surface area contributed by atoms with E-state index in [1.807, 2.05) is 0 Å². The van der Waals surface area contributed by atoms with Crippen LogP contribution in [-0.4, -0.2) is 61.8 Å². The van der Waals surface area contributed by atoms with Gasteiger partial charge in [-0.2, -0.15) is 26.3 Å². The first-order valence-corrected chi connectivity index (χ1v) is 13.4. The molecular formula is C27H27F6N3O4S. The molecule has 4 rings (SSSR count). The van der Waals surface area contributed by atoms with Gasteiger partial charge >= 0.3 is 12.4 Å². The number of alkyl halides is 6. The molecule has 0 bridgehead atoms. The van der Waals surface area contributed by atoms with Gasteiger partial charge in [0.1, 0.15) is 5.54 Å². The van der Waals surface area contributed by atoms with Crippen molar-refractivity contribution >= 4 is 35.3 Å². The maximum atomic E-state index is 14.2. The van der Waals surface area contributed by atoms with Crippen molar-refractivity contribution in [1.29, 1.82) is 0 Å². The fourth-order valence-corrected chi connectivity index (χ4v) is 5.70. The van der Waals surface area contributed by atoms with Gasteiger partial charge in [-0.05, 0) is 35.9 Å². The van der Waals surface area contributed by atoms with Crippen LogP contribution < -0.4 is 11.1 Å². The van der Waals surface area contributed by atoms with E-state index in [1.165, 1.54) is 23.1 Å². The summed E-state index contributed by atoms with van der Waals surface area (Å²) < 4.78 is 95.6. The van der Waals surface area contributed by atoms with E-state index in [4.69, 9.17) is 15.2 Å². The number of nitrogens with two attached hydrogens (primary N) is 1. The number of halogens is 6. The average Bonchev–Trinajstić information content (AvgIpc) is 2.92. The predicted molar refractivity (Wildman–Crippen MR) is 139 cm³/mol. The lowest BCUT2D eigenvalue weighted by molar-refractivity contribution is -0.163. The largest absolute Gasteiger partial charge is 0.418 e. The first-order valence-electron chi connectivity index (χ1n) is 12.6. The Hall–Kier alpha value is -3.23. The number of anilines is 1. The highest BCUT2D eigenvalue weighted by atomic mass is 32.2. The lowest BCUT2D eigenvalue weighted by Gasteiger charge is -2.36. The van der Waals surface area contributed by atoms with Crippen molar-refractivity contribution in [3.05, 3.63) is 59.2 Å². The van der Waals surface area contributed by atoms with E-state index in [1.54, 1.807) is 6.07 Å². The molecule has 2 saturated heterocycles. The number of hydrogen-bond acceptors (Lipinski definition) is 6. The first-order chi connectivity index (χ1) is 19.3. The summed E-state index contributed by atoms with van der Waals surface area (Å²) in [7, 11) is 0. The molecule has 0 saturated carbocycles. The second-order valence-corrected chi connectivity index (χ2v) is 10.6. The van der Waals surface area contributed by atoms with Gasteiger partial charge in [0.15, 0.2) is 0 Å². The molecule has 0 atom stereocenters. The summed E-state index contributed by atoms with van der Waals surface area (Å²) in [5.74, 6) is -1.25. The molecule has 0 unspecified atom stereocenters. The Kier molecular flexibility index (Phi) is 9.24. The van der Waals surface area contributed by atoms with E-state index in [0.29, 0.717) is 17.4 Å². The fraction of sp³-hybridized carbons (Fsp3) is 0.407. The molecule has 41 heavy (non-hydrogen) atoms. The SMILES string of the molecule is NC(=O)C1(Nc2cccc(Sc3ccc(/C=C/C(=O)N4CCOCC4)c(C(F)(F)F)c3C(F)(F)F)c2)CCOCC1. The van der Waals surface area contributed by atoms with Crippen molar-refractivity contribution in [3.63, 3.8) is 0 Å². The molecule has 2 fully saturated rings. The van der Waals surface area contributed by atoms with Crippen molar-refractivity contribution in [1.82, 2.24) is 4.90 Å². The molecule has 2 aromatic rings. The van der Waals surface area contributed by atoms with E-state index < -0.39 is 51.3 Å². The molecule has 14 heteroatoms. The number of ether oxygens (including phenoxy) is 2. The lowest BCUT2D eigenvalue weighted by atomic mass is 9.89. The molecule has 2 aromatic carbocycles. The minimum atomic E-state index is -5.37. The minimum Gasteiger partial charge on any atom is -0.381 e. The number of rotatable bonds is 7. The van der Waals surface area contributed by atoms with E-state index in [-0.39, 0.29) is 57.3 Å².